The Labute approximate surface area is 103 Å². The molecule has 98 valence electrons. The number of alkyl halides is 2. The van der Waals surface area contributed by atoms with Gasteiger partial charge in [-0.1, -0.05) is 0 Å². The van der Waals surface area contributed by atoms with Gasteiger partial charge in [-0.25, -0.2) is 18.7 Å². The van der Waals surface area contributed by atoms with Crippen molar-refractivity contribution in [1.82, 2.24) is 15.3 Å². The summed E-state index contributed by atoms with van der Waals surface area (Å²) in [6.07, 6.45) is 0.913. The van der Waals surface area contributed by atoms with Gasteiger partial charge in [-0.3, -0.25) is 4.79 Å². The fourth-order valence-corrected chi connectivity index (χ4v) is 2.02. The van der Waals surface area contributed by atoms with E-state index >= 15 is 0 Å². The van der Waals surface area contributed by atoms with E-state index in [1.54, 1.807) is 6.92 Å². The van der Waals surface area contributed by atoms with Crippen molar-refractivity contribution in [2.75, 3.05) is 6.54 Å². The number of nitrogens with one attached hydrogen (secondary N) is 1. The molecule has 1 saturated heterocycles. The maximum absolute atomic E-state index is 13.4. The van der Waals surface area contributed by atoms with Gasteiger partial charge in [0, 0.05) is 25.6 Å². The first-order valence-electron chi connectivity index (χ1n) is 5.63. The van der Waals surface area contributed by atoms with Crippen LogP contribution in [0.2, 0.25) is 0 Å². The molecule has 1 aliphatic heterocycles. The molecule has 5 nitrogen and oxygen atoms in total. The van der Waals surface area contributed by atoms with Gasteiger partial charge in [0.2, 0.25) is 5.82 Å². The fraction of sp³-hybridized carbons (Fsp3) is 0.545. The Kier molecular flexibility index (Phi) is 3.25. The number of aryl methyl sites for hydroxylation is 1. The van der Waals surface area contributed by atoms with Gasteiger partial charge in [0.1, 0.15) is 0 Å². The summed E-state index contributed by atoms with van der Waals surface area (Å²) in [5.41, 5.74) is 6.16. The van der Waals surface area contributed by atoms with Gasteiger partial charge < -0.3 is 11.1 Å². The normalized spacial score (nSPS) is 22.7. The second-order valence-corrected chi connectivity index (χ2v) is 4.44. The molecule has 1 aromatic heterocycles. The van der Waals surface area contributed by atoms with Crippen molar-refractivity contribution in [3.05, 3.63) is 23.3 Å². The van der Waals surface area contributed by atoms with E-state index in [0.717, 1.165) is 0 Å². The molecule has 1 aromatic rings. The molecule has 3 N–H and O–H groups in total. The Bertz CT molecular complexity index is 478. The van der Waals surface area contributed by atoms with Crippen LogP contribution in [0, 0.1) is 6.92 Å². The predicted molar refractivity (Wildman–Crippen MR) is 60.2 cm³/mol. The zero-order valence-electron chi connectivity index (χ0n) is 9.91. The molecule has 18 heavy (non-hydrogen) atoms. The molecule has 2 rings (SSSR count). The third kappa shape index (κ3) is 2.61. The Morgan fingerprint density at radius 1 is 1.61 bits per heavy atom. The molecule has 0 radical (unpaired) electrons. The number of carbonyl (C=O) groups excluding carboxylic acids is 1. The van der Waals surface area contributed by atoms with Gasteiger partial charge in [-0.15, -0.1) is 0 Å². The van der Waals surface area contributed by atoms with Crippen LogP contribution in [0.4, 0.5) is 8.78 Å². The molecular formula is C11H14F2N4O. The van der Waals surface area contributed by atoms with E-state index in [2.05, 4.69) is 15.3 Å². The standard InChI is InChI=1S/C11H14F2N4O/c1-6-5-16-10(9(14)18)17-8(6)7-4-11(12,13)2-3-15-7/h5,7,15H,2-4H2,1H3,(H2,14,18). The smallest absolute Gasteiger partial charge is 0.286 e. The molecular weight excluding hydrogens is 242 g/mol. The molecule has 0 spiro atoms. The van der Waals surface area contributed by atoms with Crippen molar-refractivity contribution >= 4 is 5.91 Å². The van der Waals surface area contributed by atoms with E-state index < -0.39 is 17.9 Å². The number of piperidine rings is 1. The molecule has 0 aliphatic carbocycles. The number of nitrogens with two attached hydrogens (primary N) is 1. The van der Waals surface area contributed by atoms with E-state index in [-0.39, 0.29) is 25.2 Å². The van der Waals surface area contributed by atoms with Crippen LogP contribution in [0.1, 0.15) is 40.8 Å². The number of rotatable bonds is 2. The van der Waals surface area contributed by atoms with Crippen LogP contribution in [0.3, 0.4) is 0 Å². The van der Waals surface area contributed by atoms with E-state index in [4.69, 9.17) is 5.73 Å². The van der Waals surface area contributed by atoms with Gasteiger partial charge >= 0.3 is 0 Å². The molecule has 7 heteroatoms. The number of hydrogen-bond donors (Lipinski definition) is 2. The van der Waals surface area contributed by atoms with Crippen molar-refractivity contribution in [3.63, 3.8) is 0 Å². The Morgan fingerprint density at radius 3 is 2.94 bits per heavy atom. The Morgan fingerprint density at radius 2 is 2.33 bits per heavy atom. The largest absolute Gasteiger partial charge is 0.363 e. The predicted octanol–water partition coefficient (Wildman–Crippen LogP) is 0.944. The van der Waals surface area contributed by atoms with Gasteiger partial charge in [0.25, 0.3) is 11.8 Å². The highest BCUT2D eigenvalue weighted by molar-refractivity contribution is 5.88. The highest BCUT2D eigenvalue weighted by atomic mass is 19.3. The first-order chi connectivity index (χ1) is 8.39. The summed E-state index contributed by atoms with van der Waals surface area (Å²) in [4.78, 5) is 18.8. The summed E-state index contributed by atoms with van der Waals surface area (Å²) >= 11 is 0. The molecule has 1 atom stereocenters. The zero-order valence-corrected chi connectivity index (χ0v) is 9.91. The van der Waals surface area contributed by atoms with Crippen LogP contribution in [0.15, 0.2) is 6.20 Å². The van der Waals surface area contributed by atoms with E-state index in [1.165, 1.54) is 6.20 Å². The molecule has 1 unspecified atom stereocenters. The van der Waals surface area contributed by atoms with Crippen LogP contribution in [-0.4, -0.2) is 28.3 Å². The fourth-order valence-electron chi connectivity index (χ4n) is 2.02. The Balaban J connectivity index is 2.32. The molecule has 1 fully saturated rings. The first-order valence-corrected chi connectivity index (χ1v) is 5.63. The van der Waals surface area contributed by atoms with Gasteiger partial charge in [-0.05, 0) is 12.5 Å². The lowest BCUT2D eigenvalue weighted by Gasteiger charge is -2.30. The summed E-state index contributed by atoms with van der Waals surface area (Å²) in [7, 11) is 0. The number of halogens is 2. The van der Waals surface area contributed by atoms with Crippen LogP contribution in [-0.2, 0) is 0 Å². The lowest BCUT2D eigenvalue weighted by molar-refractivity contribution is -0.0421. The average molecular weight is 256 g/mol. The zero-order chi connectivity index (χ0) is 13.3. The molecule has 1 amide bonds. The Hall–Kier alpha value is -1.63. The maximum atomic E-state index is 13.4. The van der Waals surface area contributed by atoms with Crippen LogP contribution >= 0.6 is 0 Å². The average Bonchev–Trinajstić information content (AvgIpc) is 2.27. The SMILES string of the molecule is Cc1cnc(C(N)=O)nc1C1CC(F)(F)CCN1. The first kappa shape index (κ1) is 12.8. The second kappa shape index (κ2) is 4.56. The lowest BCUT2D eigenvalue weighted by atomic mass is 9.96. The quantitative estimate of drug-likeness (QED) is 0.825. The highest BCUT2D eigenvalue weighted by Crippen LogP contribution is 2.34. The number of carbonyl (C=O) groups is 1. The minimum atomic E-state index is -2.71. The maximum Gasteiger partial charge on any atom is 0.286 e. The summed E-state index contributed by atoms with van der Waals surface area (Å²) in [5.74, 6) is -3.62. The molecule has 0 bridgehead atoms. The van der Waals surface area contributed by atoms with Crippen molar-refractivity contribution in [3.8, 4) is 0 Å². The third-order valence-electron chi connectivity index (χ3n) is 2.95. The van der Waals surface area contributed by atoms with Crippen LogP contribution < -0.4 is 11.1 Å². The number of nitrogens with zero attached hydrogens (tertiary/aromatic N) is 2. The van der Waals surface area contributed by atoms with Crippen LogP contribution in [0.5, 0.6) is 0 Å². The van der Waals surface area contributed by atoms with E-state index in [9.17, 15) is 13.6 Å². The summed E-state index contributed by atoms with van der Waals surface area (Å²) in [6.45, 7) is 1.93. The molecule has 0 aromatic carbocycles. The number of aromatic nitrogens is 2. The monoisotopic (exact) mass is 256 g/mol. The number of hydrogen-bond acceptors (Lipinski definition) is 4. The number of amides is 1. The highest BCUT2D eigenvalue weighted by Gasteiger charge is 2.37. The van der Waals surface area contributed by atoms with E-state index in [0.29, 0.717) is 11.3 Å². The minimum Gasteiger partial charge on any atom is -0.363 e. The van der Waals surface area contributed by atoms with Crippen molar-refractivity contribution in [2.24, 2.45) is 5.73 Å². The minimum absolute atomic E-state index is 0.147. The second-order valence-electron chi connectivity index (χ2n) is 4.44. The summed E-state index contributed by atoms with van der Waals surface area (Å²) in [6, 6.07) is -0.574. The van der Waals surface area contributed by atoms with Gasteiger partial charge in [0.15, 0.2) is 0 Å². The van der Waals surface area contributed by atoms with Crippen molar-refractivity contribution in [1.29, 1.82) is 0 Å². The molecule has 2 heterocycles. The topological polar surface area (TPSA) is 80.9 Å². The lowest BCUT2D eigenvalue weighted by Crippen LogP contribution is -2.39. The summed E-state index contributed by atoms with van der Waals surface area (Å²) in [5, 5.41) is 2.98. The van der Waals surface area contributed by atoms with E-state index in [1.807, 2.05) is 0 Å². The third-order valence-corrected chi connectivity index (χ3v) is 2.95. The summed E-state index contributed by atoms with van der Waals surface area (Å²) < 4.78 is 26.7. The molecule has 0 saturated carbocycles. The number of primary amides is 1. The molecule has 1 aliphatic rings. The van der Waals surface area contributed by atoms with Crippen molar-refractivity contribution in [2.45, 2.75) is 31.7 Å². The van der Waals surface area contributed by atoms with Gasteiger partial charge in [0.05, 0.1) is 11.7 Å². The van der Waals surface area contributed by atoms with Crippen molar-refractivity contribution < 1.29 is 13.6 Å². The van der Waals surface area contributed by atoms with Gasteiger partial charge in [-0.2, -0.15) is 0 Å². The van der Waals surface area contributed by atoms with Crippen LogP contribution in [0.25, 0.3) is 0 Å².